The summed E-state index contributed by atoms with van der Waals surface area (Å²) >= 11 is 5.72. The first-order chi connectivity index (χ1) is 23.9. The number of rotatable bonds is 22. The van der Waals surface area contributed by atoms with Gasteiger partial charge in [-0.15, -0.1) is 45.3 Å². The van der Waals surface area contributed by atoms with Crippen molar-refractivity contribution >= 4 is 76.7 Å². The molecule has 6 N–H and O–H groups in total. The number of hydrogen-bond acceptors (Lipinski definition) is 12. The number of amides is 2. The molecule has 0 atom stereocenters. The molecule has 0 unspecified atom stereocenters. The number of carbonyl (C=O) groups excluding carboxylic acids is 2. The number of nitrogens with one attached hydrogen (secondary N) is 2. The fraction of sp³-hybridized carbons (Fsp3) is 0.355. The van der Waals surface area contributed by atoms with Crippen LogP contribution in [0.1, 0.15) is 20.8 Å². The van der Waals surface area contributed by atoms with Crippen LogP contribution < -0.4 is 10.6 Å². The van der Waals surface area contributed by atoms with Gasteiger partial charge < -0.3 is 44.8 Å². The lowest BCUT2D eigenvalue weighted by atomic mass is 10.1. The fourth-order valence-corrected chi connectivity index (χ4v) is 9.36. The standard InChI is InChI=1S/C31H35N2O12PS4/c34-26(18-46(40,41)42)32-6-8-43-10-12-45-13-11-44-9-7-33-31(39)24-4-1-21(48-24)25-15-20(17-28(37)38)30(50-25)23-3-2-22(49-23)29-19(5-14-47-29)16-27(35)36/h1-5,14-15H,6-13,16-18H2,(H,32,34)(H,33,39)(H,35,36)(H,37,38)(H2,40,41,42). The number of aliphatic carboxylic acids is 2. The van der Waals surface area contributed by atoms with Crippen LogP contribution in [0.15, 0.2) is 41.8 Å². The molecule has 50 heavy (non-hydrogen) atoms. The molecule has 4 rings (SSSR count). The maximum atomic E-state index is 12.8. The monoisotopic (exact) mass is 786 g/mol. The second kappa shape index (κ2) is 19.4. The molecule has 2 amide bonds. The molecule has 0 bridgehead atoms. The van der Waals surface area contributed by atoms with Gasteiger partial charge in [0.2, 0.25) is 5.91 Å². The van der Waals surface area contributed by atoms with Crippen molar-refractivity contribution in [2.75, 3.05) is 58.9 Å². The number of hydrogen-bond donors (Lipinski definition) is 6. The van der Waals surface area contributed by atoms with Gasteiger partial charge in [-0.05, 0) is 52.9 Å². The Kier molecular flexibility index (Phi) is 15.3. The van der Waals surface area contributed by atoms with Gasteiger partial charge in [-0.1, -0.05) is 0 Å². The SMILES string of the molecule is O=C(O)Cc1ccsc1-c1ccc(-c2sc(-c3ccc(C(=O)NCCOCCOCCOCCNC(=O)CP(=O)(O)O)s3)cc2CC(=O)O)s1. The highest BCUT2D eigenvalue weighted by Crippen LogP contribution is 2.45. The predicted molar refractivity (Wildman–Crippen MR) is 192 cm³/mol. The fourth-order valence-electron chi connectivity index (χ4n) is 4.45. The first-order valence-corrected chi connectivity index (χ1v) is 20.2. The molecule has 0 saturated carbocycles. The quantitative estimate of drug-likeness (QED) is 0.0487. The van der Waals surface area contributed by atoms with Crippen LogP contribution in [-0.4, -0.2) is 103 Å². The van der Waals surface area contributed by atoms with E-state index >= 15 is 0 Å². The Morgan fingerprint density at radius 1 is 0.660 bits per heavy atom. The third kappa shape index (κ3) is 12.8. The van der Waals surface area contributed by atoms with Crippen molar-refractivity contribution in [2.24, 2.45) is 0 Å². The lowest BCUT2D eigenvalue weighted by molar-refractivity contribution is -0.137. The molecule has 0 aromatic carbocycles. The summed E-state index contributed by atoms with van der Waals surface area (Å²) in [7, 11) is -4.38. The zero-order valence-corrected chi connectivity index (χ0v) is 30.6. The first kappa shape index (κ1) is 39.5. The maximum absolute atomic E-state index is 12.8. The molecule has 0 radical (unpaired) electrons. The molecule has 4 aromatic heterocycles. The summed E-state index contributed by atoms with van der Waals surface area (Å²) in [5.41, 5.74) is 1.40. The van der Waals surface area contributed by atoms with Gasteiger partial charge in [0, 0.05) is 42.4 Å². The number of carboxylic acid groups (broad SMARTS) is 2. The molecule has 270 valence electrons. The smallest absolute Gasteiger partial charge is 0.334 e. The minimum atomic E-state index is -4.38. The van der Waals surface area contributed by atoms with E-state index in [2.05, 4.69) is 10.6 Å². The molecule has 4 aromatic rings. The topological polar surface area (TPSA) is 218 Å². The second-order valence-electron chi connectivity index (χ2n) is 10.5. The van der Waals surface area contributed by atoms with E-state index in [0.717, 1.165) is 34.8 Å². The highest BCUT2D eigenvalue weighted by molar-refractivity contribution is 7.52. The van der Waals surface area contributed by atoms with E-state index in [1.54, 1.807) is 12.1 Å². The Hall–Kier alpha value is -3.29. The Morgan fingerprint density at radius 2 is 1.24 bits per heavy atom. The van der Waals surface area contributed by atoms with Crippen molar-refractivity contribution in [3.05, 3.63) is 57.8 Å². The molecule has 0 aliphatic rings. The summed E-state index contributed by atoms with van der Waals surface area (Å²) in [6.07, 6.45) is -1.09. The molecule has 19 heteroatoms. The van der Waals surface area contributed by atoms with Gasteiger partial charge in [-0.3, -0.25) is 23.7 Å². The number of ether oxygens (including phenoxy) is 3. The van der Waals surface area contributed by atoms with Crippen LogP contribution in [0.5, 0.6) is 0 Å². The third-order valence-corrected chi connectivity index (χ3v) is 12.1. The van der Waals surface area contributed by atoms with Gasteiger partial charge in [0.15, 0.2) is 0 Å². The average Bonchev–Trinajstić information content (AvgIpc) is 3.84. The predicted octanol–water partition coefficient (Wildman–Crippen LogP) is 4.26. The number of carboxylic acids is 2. The van der Waals surface area contributed by atoms with Crippen molar-refractivity contribution in [3.63, 3.8) is 0 Å². The average molecular weight is 787 g/mol. The van der Waals surface area contributed by atoms with E-state index in [1.807, 2.05) is 29.6 Å². The Bertz CT molecular complexity index is 1810. The van der Waals surface area contributed by atoms with Crippen LogP contribution in [0.4, 0.5) is 0 Å². The molecule has 0 aliphatic heterocycles. The lowest BCUT2D eigenvalue weighted by Crippen LogP contribution is -2.30. The number of carbonyl (C=O) groups is 4. The summed E-state index contributed by atoms with van der Waals surface area (Å²) < 4.78 is 26.9. The van der Waals surface area contributed by atoms with Crippen LogP contribution in [0.2, 0.25) is 0 Å². The van der Waals surface area contributed by atoms with Gasteiger partial charge in [-0.25, -0.2) is 0 Å². The van der Waals surface area contributed by atoms with E-state index < -0.39 is 31.6 Å². The van der Waals surface area contributed by atoms with Gasteiger partial charge in [0.25, 0.3) is 5.91 Å². The minimum absolute atomic E-state index is 0.0737. The molecular formula is C31H35N2O12PS4. The zero-order valence-electron chi connectivity index (χ0n) is 26.5. The highest BCUT2D eigenvalue weighted by atomic mass is 32.1. The molecule has 0 saturated heterocycles. The summed E-state index contributed by atoms with van der Waals surface area (Å²) in [6.45, 7) is 2.02. The largest absolute Gasteiger partial charge is 0.481 e. The summed E-state index contributed by atoms with van der Waals surface area (Å²) in [6, 6.07) is 11.1. The molecule has 14 nitrogen and oxygen atoms in total. The van der Waals surface area contributed by atoms with Crippen molar-refractivity contribution in [2.45, 2.75) is 12.8 Å². The lowest BCUT2D eigenvalue weighted by Gasteiger charge is -2.08. The molecule has 4 heterocycles. The Labute approximate surface area is 302 Å². The summed E-state index contributed by atoms with van der Waals surface area (Å²) in [5, 5.41) is 25.9. The van der Waals surface area contributed by atoms with Crippen molar-refractivity contribution < 1.29 is 58.0 Å². The van der Waals surface area contributed by atoms with E-state index in [1.165, 1.54) is 45.3 Å². The van der Waals surface area contributed by atoms with Crippen molar-refractivity contribution in [3.8, 4) is 29.3 Å². The maximum Gasteiger partial charge on any atom is 0.334 e. The van der Waals surface area contributed by atoms with Gasteiger partial charge in [0.05, 0.1) is 57.4 Å². The third-order valence-electron chi connectivity index (χ3n) is 6.56. The van der Waals surface area contributed by atoms with Gasteiger partial charge in [-0.2, -0.15) is 0 Å². The van der Waals surface area contributed by atoms with Gasteiger partial charge >= 0.3 is 19.5 Å². The van der Waals surface area contributed by atoms with Crippen LogP contribution in [0, 0.1) is 0 Å². The Balaban J connectivity index is 1.19. The van der Waals surface area contributed by atoms with E-state index in [4.69, 9.17) is 24.0 Å². The highest BCUT2D eigenvalue weighted by Gasteiger charge is 2.21. The molecule has 0 aliphatic carbocycles. The molecule has 0 spiro atoms. The van der Waals surface area contributed by atoms with Gasteiger partial charge in [0.1, 0.15) is 6.16 Å². The van der Waals surface area contributed by atoms with Crippen molar-refractivity contribution in [1.29, 1.82) is 0 Å². The van der Waals surface area contributed by atoms with Crippen LogP contribution in [-0.2, 0) is 46.0 Å². The van der Waals surface area contributed by atoms with E-state index in [0.29, 0.717) is 30.3 Å². The van der Waals surface area contributed by atoms with E-state index in [9.17, 15) is 34.0 Å². The Morgan fingerprint density at radius 3 is 1.88 bits per heavy atom. The second-order valence-corrected chi connectivity index (χ2v) is 16.3. The summed E-state index contributed by atoms with van der Waals surface area (Å²) in [5.74, 6) is -2.86. The number of thiophene rings is 4. The normalized spacial score (nSPS) is 11.5. The zero-order chi connectivity index (χ0) is 36.1. The minimum Gasteiger partial charge on any atom is -0.481 e. The molecule has 0 fully saturated rings. The first-order valence-electron chi connectivity index (χ1n) is 15.1. The van der Waals surface area contributed by atoms with Crippen molar-refractivity contribution in [1.82, 2.24) is 10.6 Å². The van der Waals surface area contributed by atoms with Crippen LogP contribution in [0.3, 0.4) is 0 Å². The van der Waals surface area contributed by atoms with Crippen LogP contribution in [0.25, 0.3) is 29.3 Å². The van der Waals surface area contributed by atoms with Crippen LogP contribution >= 0.6 is 52.9 Å². The van der Waals surface area contributed by atoms with E-state index in [-0.39, 0.29) is 51.7 Å². The summed E-state index contributed by atoms with van der Waals surface area (Å²) in [4.78, 5) is 70.2. The molecular weight excluding hydrogens is 752 g/mol.